The number of ether oxygens (including phenoxy) is 1. The zero-order valence-electron chi connectivity index (χ0n) is 11.3. The largest absolute Gasteiger partial charge is 0.495 e. The van der Waals surface area contributed by atoms with Crippen LogP contribution in [0, 0.1) is 5.92 Å². The van der Waals surface area contributed by atoms with E-state index in [1.165, 1.54) is 18.5 Å². The van der Waals surface area contributed by atoms with Gasteiger partial charge in [0.05, 0.1) is 12.8 Å². The van der Waals surface area contributed by atoms with Crippen LogP contribution in [-0.2, 0) is 4.79 Å². The summed E-state index contributed by atoms with van der Waals surface area (Å²) in [5.41, 5.74) is 1.97. The molecule has 0 aromatic heterocycles. The second-order valence-corrected chi connectivity index (χ2v) is 5.34. The van der Waals surface area contributed by atoms with E-state index in [-0.39, 0.29) is 11.8 Å². The topological polar surface area (TPSA) is 41.6 Å². The number of benzene rings is 1. The lowest BCUT2D eigenvalue weighted by Gasteiger charge is -2.20. The van der Waals surface area contributed by atoms with Crippen molar-refractivity contribution in [1.29, 1.82) is 0 Å². The first-order valence-electron chi connectivity index (χ1n) is 7.02. The molecule has 0 spiro atoms. The Balaban J connectivity index is 1.81. The van der Waals surface area contributed by atoms with E-state index in [1.54, 1.807) is 7.11 Å². The summed E-state index contributed by atoms with van der Waals surface area (Å²) in [6, 6.07) is 6.04. The number of amides is 1. The van der Waals surface area contributed by atoms with Gasteiger partial charge in [0, 0.05) is 24.7 Å². The van der Waals surface area contributed by atoms with Crippen LogP contribution in [0.25, 0.3) is 0 Å². The molecule has 1 heterocycles. The molecule has 4 nitrogen and oxygen atoms in total. The van der Waals surface area contributed by atoms with Crippen LogP contribution in [-0.4, -0.2) is 26.1 Å². The van der Waals surface area contributed by atoms with Crippen LogP contribution in [0.4, 0.5) is 11.4 Å². The first-order chi connectivity index (χ1) is 9.28. The van der Waals surface area contributed by atoms with Crippen molar-refractivity contribution in [3.8, 4) is 5.75 Å². The molecule has 0 unspecified atom stereocenters. The highest BCUT2D eigenvalue weighted by Gasteiger charge is 2.30. The minimum Gasteiger partial charge on any atom is -0.495 e. The van der Waals surface area contributed by atoms with Crippen LogP contribution < -0.4 is 15.0 Å². The van der Waals surface area contributed by atoms with Crippen LogP contribution in [0.5, 0.6) is 5.75 Å². The van der Waals surface area contributed by atoms with Gasteiger partial charge >= 0.3 is 0 Å². The first-order valence-corrected chi connectivity index (χ1v) is 7.02. The van der Waals surface area contributed by atoms with E-state index in [0.29, 0.717) is 0 Å². The lowest BCUT2D eigenvalue weighted by molar-refractivity contribution is -0.117. The molecule has 2 aliphatic rings. The summed E-state index contributed by atoms with van der Waals surface area (Å²) in [6.07, 6.45) is 4.52. The van der Waals surface area contributed by atoms with Gasteiger partial charge in [-0.15, -0.1) is 0 Å². The normalized spacial score (nSPS) is 18.5. The lowest BCUT2D eigenvalue weighted by atomic mass is 10.2. The van der Waals surface area contributed by atoms with Crippen LogP contribution in [0.2, 0.25) is 0 Å². The van der Waals surface area contributed by atoms with Gasteiger partial charge in [0.25, 0.3) is 0 Å². The molecule has 102 valence electrons. The Bertz CT molecular complexity index is 477. The quantitative estimate of drug-likeness (QED) is 0.905. The van der Waals surface area contributed by atoms with Gasteiger partial charge in [-0.25, -0.2) is 0 Å². The van der Waals surface area contributed by atoms with Crippen LogP contribution >= 0.6 is 0 Å². The maximum atomic E-state index is 11.9. The third-order valence-electron chi connectivity index (χ3n) is 3.86. The van der Waals surface area contributed by atoms with E-state index in [1.807, 2.05) is 12.1 Å². The van der Waals surface area contributed by atoms with Crippen molar-refractivity contribution in [2.45, 2.75) is 25.7 Å². The van der Waals surface area contributed by atoms with Gasteiger partial charge in [0.15, 0.2) is 0 Å². The molecule has 1 amide bonds. The molecule has 1 N–H and O–H groups in total. The Labute approximate surface area is 113 Å². The maximum absolute atomic E-state index is 11.9. The molecule has 0 atom stereocenters. The number of hydrogen-bond donors (Lipinski definition) is 1. The second kappa shape index (κ2) is 5.11. The number of carbonyl (C=O) groups is 1. The SMILES string of the molecule is COc1ccc(N2CCCC2)cc1NC(=O)C1CC1. The van der Waals surface area contributed by atoms with Crippen LogP contribution in [0.1, 0.15) is 25.7 Å². The summed E-state index contributed by atoms with van der Waals surface area (Å²) in [4.78, 5) is 14.2. The highest BCUT2D eigenvalue weighted by Crippen LogP contribution is 2.34. The molecule has 1 aliphatic carbocycles. The van der Waals surface area contributed by atoms with Gasteiger partial charge in [0.1, 0.15) is 5.75 Å². The fraction of sp³-hybridized carbons (Fsp3) is 0.533. The summed E-state index contributed by atoms with van der Waals surface area (Å²) in [7, 11) is 1.64. The molecule has 2 fully saturated rings. The maximum Gasteiger partial charge on any atom is 0.227 e. The minimum atomic E-state index is 0.122. The molecule has 1 saturated carbocycles. The predicted molar refractivity (Wildman–Crippen MR) is 75.8 cm³/mol. The monoisotopic (exact) mass is 260 g/mol. The fourth-order valence-electron chi connectivity index (χ4n) is 2.55. The Kier molecular flexibility index (Phi) is 3.32. The Hall–Kier alpha value is -1.71. The zero-order chi connectivity index (χ0) is 13.2. The standard InChI is InChI=1S/C15H20N2O2/c1-19-14-7-6-12(17-8-2-3-9-17)10-13(14)16-15(18)11-4-5-11/h6-7,10-11H,2-5,8-9H2,1H3,(H,16,18). The van der Waals surface area contributed by atoms with Gasteiger partial charge in [-0.1, -0.05) is 0 Å². The predicted octanol–water partition coefficient (Wildman–Crippen LogP) is 2.64. The van der Waals surface area contributed by atoms with Gasteiger partial charge in [0.2, 0.25) is 5.91 Å². The van der Waals surface area contributed by atoms with E-state index in [0.717, 1.165) is 37.4 Å². The third-order valence-corrected chi connectivity index (χ3v) is 3.86. The molecule has 1 aliphatic heterocycles. The third kappa shape index (κ3) is 2.67. The van der Waals surface area contributed by atoms with Gasteiger partial charge in [-0.2, -0.15) is 0 Å². The number of nitrogens with one attached hydrogen (secondary N) is 1. The number of nitrogens with zero attached hydrogens (tertiary/aromatic N) is 1. The van der Waals surface area contributed by atoms with Crippen LogP contribution in [0.15, 0.2) is 18.2 Å². The number of anilines is 2. The van der Waals surface area contributed by atoms with Crippen molar-refractivity contribution >= 4 is 17.3 Å². The van der Waals surface area contributed by atoms with E-state index in [4.69, 9.17) is 4.74 Å². The smallest absolute Gasteiger partial charge is 0.227 e. The fourth-order valence-corrected chi connectivity index (χ4v) is 2.55. The van der Waals surface area contributed by atoms with Crippen molar-refractivity contribution in [1.82, 2.24) is 0 Å². The highest BCUT2D eigenvalue weighted by atomic mass is 16.5. The number of hydrogen-bond acceptors (Lipinski definition) is 3. The van der Waals surface area contributed by atoms with Crippen molar-refractivity contribution in [2.75, 3.05) is 30.4 Å². The van der Waals surface area contributed by atoms with Crippen molar-refractivity contribution in [3.05, 3.63) is 18.2 Å². The Morgan fingerprint density at radius 1 is 1.32 bits per heavy atom. The zero-order valence-corrected chi connectivity index (χ0v) is 11.3. The molecule has 3 rings (SSSR count). The second-order valence-electron chi connectivity index (χ2n) is 5.34. The average molecular weight is 260 g/mol. The molecule has 4 heteroatoms. The van der Waals surface area contributed by atoms with Gasteiger partial charge in [-0.3, -0.25) is 4.79 Å². The van der Waals surface area contributed by atoms with Crippen molar-refractivity contribution in [2.24, 2.45) is 5.92 Å². The molecule has 19 heavy (non-hydrogen) atoms. The Morgan fingerprint density at radius 2 is 2.05 bits per heavy atom. The summed E-state index contributed by atoms with van der Waals surface area (Å²) in [5, 5.41) is 3.00. The van der Waals surface area contributed by atoms with Gasteiger partial charge < -0.3 is 15.0 Å². The van der Waals surface area contributed by atoms with E-state index in [2.05, 4.69) is 16.3 Å². The number of rotatable bonds is 4. The van der Waals surface area contributed by atoms with E-state index in [9.17, 15) is 4.79 Å². The highest BCUT2D eigenvalue weighted by molar-refractivity contribution is 5.95. The lowest BCUT2D eigenvalue weighted by Crippen LogP contribution is -2.19. The number of carbonyl (C=O) groups excluding carboxylic acids is 1. The van der Waals surface area contributed by atoms with E-state index < -0.39 is 0 Å². The Morgan fingerprint density at radius 3 is 2.68 bits per heavy atom. The molecule has 1 saturated heterocycles. The molecular weight excluding hydrogens is 240 g/mol. The molecule has 0 radical (unpaired) electrons. The number of methoxy groups -OCH3 is 1. The minimum absolute atomic E-state index is 0.122. The van der Waals surface area contributed by atoms with Gasteiger partial charge in [-0.05, 0) is 43.9 Å². The van der Waals surface area contributed by atoms with E-state index >= 15 is 0 Å². The molecular formula is C15H20N2O2. The molecule has 0 bridgehead atoms. The van der Waals surface area contributed by atoms with Crippen molar-refractivity contribution in [3.63, 3.8) is 0 Å². The summed E-state index contributed by atoms with van der Waals surface area (Å²) >= 11 is 0. The molecule has 1 aromatic rings. The first kappa shape index (κ1) is 12.3. The molecule has 1 aromatic carbocycles. The van der Waals surface area contributed by atoms with Crippen LogP contribution in [0.3, 0.4) is 0 Å². The summed E-state index contributed by atoms with van der Waals surface area (Å²) in [6.45, 7) is 2.20. The average Bonchev–Trinajstić information content (AvgIpc) is 3.14. The summed E-state index contributed by atoms with van der Waals surface area (Å²) < 4.78 is 5.33. The van der Waals surface area contributed by atoms with Crippen molar-refractivity contribution < 1.29 is 9.53 Å². The summed E-state index contributed by atoms with van der Waals surface area (Å²) in [5.74, 6) is 1.06.